The molecule has 1 aliphatic heterocycles. The number of nitrogen functional groups attached to an aromatic ring is 1. The van der Waals surface area contributed by atoms with Crippen LogP contribution in [-0.4, -0.2) is 123 Å². The lowest BCUT2D eigenvalue weighted by molar-refractivity contribution is -0.313. The zero-order chi connectivity index (χ0) is 27.5. The summed E-state index contributed by atoms with van der Waals surface area (Å²) in [7, 11) is 1.37. The van der Waals surface area contributed by atoms with Gasteiger partial charge in [0.2, 0.25) is 0 Å². The Balaban J connectivity index is -0.00000361. The summed E-state index contributed by atoms with van der Waals surface area (Å²) in [5.41, 5.74) is 6.41. The summed E-state index contributed by atoms with van der Waals surface area (Å²) in [6.07, 6.45) is 0. The first-order chi connectivity index (χ1) is 17.5. The van der Waals surface area contributed by atoms with Crippen LogP contribution in [0.25, 0.3) is 0 Å². The van der Waals surface area contributed by atoms with E-state index >= 15 is 0 Å². The predicted molar refractivity (Wildman–Crippen MR) is 145 cm³/mol. The van der Waals surface area contributed by atoms with Gasteiger partial charge in [0, 0.05) is 83.2 Å². The number of carboxylic acids is 4. The first-order valence-electron chi connectivity index (χ1n) is 11.6. The molecule has 0 bridgehead atoms. The van der Waals surface area contributed by atoms with Crippen LogP contribution in [0.4, 0.5) is 5.69 Å². The summed E-state index contributed by atoms with van der Waals surface area (Å²) in [4.78, 5) is 52.3. The normalized spacial score (nSPS) is 16.5. The van der Waals surface area contributed by atoms with Crippen LogP contribution in [0.5, 0.6) is 5.75 Å². The first-order valence-corrected chi connectivity index (χ1v) is 11.6. The molecule has 41 heavy (non-hydrogen) atoms. The molecule has 238 valence electrons. The Hall–Kier alpha value is -3.62. The fourth-order valence-corrected chi connectivity index (χ4v) is 4.27. The van der Waals surface area contributed by atoms with E-state index in [1.54, 1.807) is 6.07 Å². The minimum atomic E-state index is -1.45. The van der Waals surface area contributed by atoms with Gasteiger partial charge in [-0.25, -0.2) is 0 Å². The van der Waals surface area contributed by atoms with Gasteiger partial charge in [-0.1, -0.05) is 0 Å². The Labute approximate surface area is 238 Å². The highest BCUT2D eigenvalue weighted by Gasteiger charge is 2.27. The highest BCUT2D eigenvalue weighted by molar-refractivity contribution is 5.75. The quantitative estimate of drug-likeness (QED) is 0.159. The first kappa shape index (κ1) is 41.9. The Bertz CT molecular complexity index is 939. The molecule has 18 heteroatoms. The lowest BCUT2D eigenvalue weighted by Crippen LogP contribution is -2.52. The van der Waals surface area contributed by atoms with Crippen LogP contribution in [0, 0.1) is 0 Å². The van der Waals surface area contributed by atoms with E-state index < -0.39 is 49.6 Å². The summed E-state index contributed by atoms with van der Waals surface area (Å²) in [6.45, 7) is -0.520. The van der Waals surface area contributed by atoms with E-state index in [9.17, 15) is 39.6 Å². The van der Waals surface area contributed by atoms with Gasteiger partial charge in [-0.15, -0.1) is 0 Å². The SMILES string of the molecule is COc1ccc(N)cc1C(C(=O)[O-])N1CCN(CC(=O)[O-])CCN(CC(=O)[O-])CCN(CC(=O)[O-])CC1.[NH4+].[NH4+].[NH4+].[NH4+]. The van der Waals surface area contributed by atoms with Crippen molar-refractivity contribution in [2.24, 2.45) is 0 Å². The fourth-order valence-electron chi connectivity index (χ4n) is 4.27. The van der Waals surface area contributed by atoms with Crippen LogP contribution in [-0.2, 0) is 19.2 Å². The standard InChI is InChI=1S/C23H35N5O9.4H3N/c1-37-18-3-2-16(24)12-17(18)22(23(35)36)28-10-8-26(14-20(31)32)6-4-25(13-19(29)30)5-7-27(9-11-28)15-21(33)34;;;;/h2-3,12,22H,4-11,13-15,24H2,1H3,(H,29,30)(H,31,32)(H,33,34)(H,35,36);4*1H3. The largest absolute Gasteiger partial charge is 0.549 e. The van der Waals surface area contributed by atoms with Gasteiger partial charge in [0.25, 0.3) is 0 Å². The van der Waals surface area contributed by atoms with E-state index in [-0.39, 0.29) is 88.3 Å². The van der Waals surface area contributed by atoms with Crippen LogP contribution in [0.3, 0.4) is 0 Å². The van der Waals surface area contributed by atoms with Crippen molar-refractivity contribution in [3.63, 3.8) is 0 Å². The van der Waals surface area contributed by atoms with Crippen LogP contribution < -0.4 is 55.5 Å². The number of anilines is 1. The molecular formula is C23H47N9O9. The summed E-state index contributed by atoms with van der Waals surface area (Å²) in [5, 5.41) is 46.2. The van der Waals surface area contributed by atoms with E-state index in [0.29, 0.717) is 5.69 Å². The molecule has 0 amide bonds. The number of rotatable bonds is 10. The molecular weight excluding hydrogens is 546 g/mol. The number of carbonyl (C=O) groups excluding carboxylic acids is 4. The molecule has 1 aliphatic rings. The summed E-state index contributed by atoms with van der Waals surface area (Å²) in [5.74, 6) is -5.22. The van der Waals surface area contributed by atoms with Crippen LogP contribution in [0.15, 0.2) is 18.2 Å². The monoisotopic (exact) mass is 593 g/mol. The van der Waals surface area contributed by atoms with Crippen molar-refractivity contribution in [3.8, 4) is 5.75 Å². The minimum Gasteiger partial charge on any atom is -0.549 e. The van der Waals surface area contributed by atoms with Gasteiger partial charge in [-0.3, -0.25) is 19.6 Å². The summed E-state index contributed by atoms with van der Waals surface area (Å²) >= 11 is 0. The lowest BCUT2D eigenvalue weighted by atomic mass is 10.0. The van der Waals surface area contributed by atoms with E-state index in [4.69, 9.17) is 10.5 Å². The number of carboxylic acid groups (broad SMARTS) is 4. The number of benzene rings is 1. The number of ether oxygens (including phenoxy) is 1. The molecule has 2 rings (SSSR count). The third kappa shape index (κ3) is 14.0. The van der Waals surface area contributed by atoms with Gasteiger partial charge >= 0.3 is 0 Å². The Morgan fingerprint density at radius 2 is 1.10 bits per heavy atom. The number of nitrogens with two attached hydrogens (primary N) is 1. The molecule has 1 aromatic carbocycles. The molecule has 1 fully saturated rings. The van der Waals surface area contributed by atoms with Crippen molar-refractivity contribution < 1.29 is 44.3 Å². The zero-order valence-electron chi connectivity index (χ0n) is 24.6. The van der Waals surface area contributed by atoms with Crippen molar-refractivity contribution in [1.82, 2.24) is 44.2 Å². The third-order valence-corrected chi connectivity index (χ3v) is 6.07. The molecule has 0 radical (unpaired) electrons. The average molecular weight is 594 g/mol. The van der Waals surface area contributed by atoms with E-state index in [1.165, 1.54) is 38.8 Å². The molecule has 18 N–H and O–H groups in total. The van der Waals surface area contributed by atoms with Gasteiger partial charge in [0.15, 0.2) is 0 Å². The molecule has 1 atom stereocenters. The maximum absolute atomic E-state index is 12.4. The average Bonchev–Trinajstić information content (AvgIpc) is 2.79. The summed E-state index contributed by atoms with van der Waals surface area (Å²) in [6, 6.07) is 3.18. The van der Waals surface area contributed by atoms with Crippen LogP contribution in [0.1, 0.15) is 11.6 Å². The van der Waals surface area contributed by atoms with E-state index in [2.05, 4.69) is 0 Å². The molecule has 0 aromatic heterocycles. The zero-order valence-corrected chi connectivity index (χ0v) is 24.6. The number of nitrogens with zero attached hydrogens (tertiary/aromatic N) is 4. The number of carbonyl (C=O) groups is 4. The third-order valence-electron chi connectivity index (χ3n) is 6.07. The van der Waals surface area contributed by atoms with E-state index in [1.807, 2.05) is 0 Å². The topological polar surface area (TPSA) is 355 Å². The number of hydrogen-bond acceptors (Lipinski definition) is 14. The highest BCUT2D eigenvalue weighted by Crippen LogP contribution is 2.31. The second-order valence-electron chi connectivity index (χ2n) is 8.70. The number of methoxy groups -OCH3 is 1. The Kier molecular flexibility index (Phi) is 20.7. The van der Waals surface area contributed by atoms with Gasteiger partial charge in [-0.2, -0.15) is 0 Å². The van der Waals surface area contributed by atoms with Gasteiger partial charge in [-0.05, 0) is 18.2 Å². The van der Waals surface area contributed by atoms with Crippen molar-refractivity contribution in [3.05, 3.63) is 23.8 Å². The van der Waals surface area contributed by atoms with Gasteiger partial charge in [0.1, 0.15) is 5.75 Å². The number of hydrogen-bond donors (Lipinski definition) is 5. The summed E-state index contributed by atoms with van der Waals surface area (Å²) < 4.78 is 5.33. The molecule has 1 unspecified atom stereocenters. The fraction of sp³-hybridized carbons (Fsp3) is 0.565. The van der Waals surface area contributed by atoms with Crippen molar-refractivity contribution in [2.45, 2.75) is 6.04 Å². The Morgan fingerprint density at radius 1 is 0.732 bits per heavy atom. The number of quaternary nitrogens is 4. The van der Waals surface area contributed by atoms with Crippen molar-refractivity contribution in [2.75, 3.05) is 84.8 Å². The highest BCUT2D eigenvalue weighted by atomic mass is 16.5. The molecule has 0 saturated carbocycles. The van der Waals surface area contributed by atoms with Crippen molar-refractivity contribution in [1.29, 1.82) is 0 Å². The Morgan fingerprint density at radius 3 is 1.41 bits per heavy atom. The van der Waals surface area contributed by atoms with E-state index in [0.717, 1.165) is 0 Å². The van der Waals surface area contributed by atoms with Gasteiger partial charge in [0.05, 0.1) is 37.0 Å². The maximum atomic E-state index is 12.4. The molecule has 18 nitrogen and oxygen atoms in total. The second kappa shape index (κ2) is 20.3. The second-order valence-corrected chi connectivity index (χ2v) is 8.70. The molecule has 1 aromatic rings. The van der Waals surface area contributed by atoms with Gasteiger partial charge < -0.3 is 74.7 Å². The maximum Gasteiger partial charge on any atom is 0.124 e. The smallest absolute Gasteiger partial charge is 0.124 e. The minimum absolute atomic E-state index is 0. The molecule has 1 saturated heterocycles. The molecule has 0 aliphatic carbocycles. The number of aliphatic carboxylic acids is 4. The predicted octanol–water partition coefficient (Wildman–Crippen LogP) is -4.96. The van der Waals surface area contributed by atoms with Crippen LogP contribution >= 0.6 is 0 Å². The molecule has 0 spiro atoms. The lowest BCUT2D eigenvalue weighted by Gasteiger charge is -2.38. The van der Waals surface area contributed by atoms with Crippen LogP contribution in [0.2, 0.25) is 0 Å². The molecule has 1 heterocycles. The van der Waals surface area contributed by atoms with Crippen molar-refractivity contribution >= 4 is 29.6 Å².